The molecule has 1 atom stereocenters. The number of guanidine groups is 1. The van der Waals surface area contributed by atoms with Gasteiger partial charge in [-0.15, -0.1) is 11.8 Å². The van der Waals surface area contributed by atoms with E-state index in [0.717, 1.165) is 18.9 Å². The van der Waals surface area contributed by atoms with Crippen LogP contribution in [-0.2, 0) is 5.54 Å². The minimum Gasteiger partial charge on any atom is -0.370 e. The molecule has 1 saturated carbocycles. The van der Waals surface area contributed by atoms with Gasteiger partial charge in [-0.25, -0.2) is 0 Å². The van der Waals surface area contributed by atoms with Crippen LogP contribution < -0.4 is 5.73 Å². The molecule has 1 aromatic rings. The Morgan fingerprint density at radius 3 is 2.90 bits per heavy atom. The number of benzene rings is 1. The predicted octanol–water partition coefficient (Wildman–Crippen LogP) is 2.95. The van der Waals surface area contributed by atoms with E-state index in [-0.39, 0.29) is 5.54 Å². The first-order valence-corrected chi connectivity index (χ1v) is 8.61. The van der Waals surface area contributed by atoms with Crippen LogP contribution in [0.25, 0.3) is 0 Å². The number of hydrogen-bond donors (Lipinski definition) is 1. The Balaban J connectivity index is 1.80. The van der Waals surface area contributed by atoms with Crippen molar-refractivity contribution in [2.45, 2.75) is 48.6 Å². The van der Waals surface area contributed by atoms with Crippen molar-refractivity contribution in [3.63, 3.8) is 0 Å². The highest BCUT2D eigenvalue weighted by Gasteiger charge is 2.49. The van der Waals surface area contributed by atoms with Gasteiger partial charge in [0.15, 0.2) is 5.96 Å². The number of hydrogen-bond acceptors (Lipinski definition) is 4. The lowest BCUT2D eigenvalue weighted by molar-refractivity contribution is 0.139. The molecule has 4 heteroatoms. The number of fused-ring (bicyclic) bond motifs is 2. The molecule has 1 fully saturated rings. The lowest BCUT2D eigenvalue weighted by atomic mass is 9.84. The Morgan fingerprint density at radius 2 is 2.05 bits per heavy atom. The summed E-state index contributed by atoms with van der Waals surface area (Å²) >= 11 is 1.98. The standard InChI is InChI=1S/C16H21N3S/c17-15-18-11-16(19(15)12-5-1-2-6-12)9-10-20-14-8-4-3-7-13(14)16/h3-4,7-8,12H,1-2,5-6,9-11H2,(H2,17,18). The summed E-state index contributed by atoms with van der Waals surface area (Å²) in [6, 6.07) is 9.44. The van der Waals surface area contributed by atoms with Crippen LogP contribution in [0.2, 0.25) is 0 Å². The van der Waals surface area contributed by atoms with E-state index in [1.807, 2.05) is 11.8 Å². The molecule has 3 nitrogen and oxygen atoms in total. The second kappa shape index (κ2) is 4.69. The fourth-order valence-corrected chi connectivity index (χ4v) is 5.39. The summed E-state index contributed by atoms with van der Waals surface area (Å²) in [6.07, 6.45) is 6.37. The first kappa shape index (κ1) is 12.6. The minimum atomic E-state index is 0.0426. The maximum absolute atomic E-state index is 6.29. The van der Waals surface area contributed by atoms with Gasteiger partial charge in [0.1, 0.15) is 0 Å². The number of nitrogens with zero attached hydrogens (tertiary/aromatic N) is 2. The Morgan fingerprint density at radius 1 is 1.25 bits per heavy atom. The zero-order chi connectivity index (χ0) is 13.6. The normalized spacial score (nSPS) is 29.8. The van der Waals surface area contributed by atoms with Gasteiger partial charge in [0.05, 0.1) is 12.1 Å². The molecular weight excluding hydrogens is 266 g/mol. The molecule has 2 N–H and O–H groups in total. The molecule has 1 aliphatic carbocycles. The molecule has 0 saturated heterocycles. The summed E-state index contributed by atoms with van der Waals surface area (Å²) in [4.78, 5) is 8.56. The van der Waals surface area contributed by atoms with Gasteiger partial charge in [0.2, 0.25) is 0 Å². The second-order valence-electron chi connectivity index (χ2n) is 6.11. The van der Waals surface area contributed by atoms with E-state index in [9.17, 15) is 0 Å². The SMILES string of the molecule is NC1=NCC2(CCSc3ccccc32)N1C1CCCC1. The Hall–Kier alpha value is -1.16. The topological polar surface area (TPSA) is 41.6 Å². The summed E-state index contributed by atoms with van der Waals surface area (Å²) in [6.45, 7) is 0.840. The molecule has 20 heavy (non-hydrogen) atoms. The quantitative estimate of drug-likeness (QED) is 0.863. The van der Waals surface area contributed by atoms with Crippen LogP contribution in [0.3, 0.4) is 0 Å². The first-order valence-electron chi connectivity index (χ1n) is 7.63. The summed E-state index contributed by atoms with van der Waals surface area (Å²) < 4.78 is 0. The van der Waals surface area contributed by atoms with Crippen molar-refractivity contribution in [3.05, 3.63) is 29.8 Å². The summed E-state index contributed by atoms with van der Waals surface area (Å²) in [5.74, 6) is 1.95. The highest BCUT2D eigenvalue weighted by atomic mass is 32.2. The summed E-state index contributed by atoms with van der Waals surface area (Å²) in [7, 11) is 0. The Bertz CT molecular complexity index is 550. The number of rotatable bonds is 1. The van der Waals surface area contributed by atoms with Crippen molar-refractivity contribution >= 4 is 17.7 Å². The van der Waals surface area contributed by atoms with Crippen LogP contribution in [0, 0.1) is 0 Å². The molecule has 2 aliphatic heterocycles. The minimum absolute atomic E-state index is 0.0426. The van der Waals surface area contributed by atoms with Gasteiger partial charge >= 0.3 is 0 Å². The maximum Gasteiger partial charge on any atom is 0.192 e. The number of thioether (sulfide) groups is 1. The molecule has 1 aromatic carbocycles. The van der Waals surface area contributed by atoms with Crippen molar-refractivity contribution in [3.8, 4) is 0 Å². The molecule has 0 amide bonds. The zero-order valence-corrected chi connectivity index (χ0v) is 12.5. The highest BCUT2D eigenvalue weighted by Crippen LogP contribution is 2.48. The smallest absolute Gasteiger partial charge is 0.192 e. The molecule has 0 aromatic heterocycles. The Kier molecular flexibility index (Phi) is 2.95. The number of aliphatic imine (C=N–C) groups is 1. The maximum atomic E-state index is 6.29. The van der Waals surface area contributed by atoms with E-state index in [4.69, 9.17) is 5.73 Å². The fraction of sp³-hybridized carbons (Fsp3) is 0.562. The molecule has 0 bridgehead atoms. The number of nitrogens with two attached hydrogens (primary N) is 1. The van der Waals surface area contributed by atoms with Crippen molar-refractivity contribution in [2.24, 2.45) is 10.7 Å². The lowest BCUT2D eigenvalue weighted by Gasteiger charge is -2.46. The summed E-state index contributed by atoms with van der Waals surface area (Å²) in [5.41, 5.74) is 7.78. The zero-order valence-electron chi connectivity index (χ0n) is 11.7. The largest absolute Gasteiger partial charge is 0.370 e. The molecule has 106 valence electrons. The van der Waals surface area contributed by atoms with Gasteiger partial charge < -0.3 is 10.6 Å². The molecule has 2 heterocycles. The molecule has 1 unspecified atom stereocenters. The van der Waals surface area contributed by atoms with Gasteiger partial charge in [0.25, 0.3) is 0 Å². The van der Waals surface area contributed by atoms with Gasteiger partial charge in [0, 0.05) is 16.7 Å². The van der Waals surface area contributed by atoms with Crippen molar-refractivity contribution in [1.29, 1.82) is 0 Å². The van der Waals surface area contributed by atoms with Crippen LogP contribution in [0.5, 0.6) is 0 Å². The summed E-state index contributed by atoms with van der Waals surface area (Å²) in [5, 5.41) is 0. The van der Waals surface area contributed by atoms with Gasteiger partial charge in [-0.2, -0.15) is 0 Å². The van der Waals surface area contributed by atoms with E-state index in [1.54, 1.807) is 0 Å². The predicted molar refractivity (Wildman–Crippen MR) is 84.0 cm³/mol. The first-order chi connectivity index (χ1) is 9.81. The van der Waals surface area contributed by atoms with Crippen LogP contribution in [0.15, 0.2) is 34.2 Å². The van der Waals surface area contributed by atoms with Crippen LogP contribution in [0.1, 0.15) is 37.7 Å². The van der Waals surface area contributed by atoms with E-state index < -0.39 is 0 Å². The lowest BCUT2D eigenvalue weighted by Crippen LogP contribution is -2.54. The molecule has 3 aliphatic rings. The molecular formula is C16H21N3S. The third-order valence-electron chi connectivity index (χ3n) is 5.06. The molecule has 1 spiro atoms. The third kappa shape index (κ3) is 1.70. The van der Waals surface area contributed by atoms with Gasteiger partial charge in [-0.1, -0.05) is 31.0 Å². The molecule has 4 rings (SSSR count). The van der Waals surface area contributed by atoms with E-state index in [1.165, 1.54) is 41.9 Å². The van der Waals surface area contributed by atoms with Gasteiger partial charge in [-0.05, 0) is 30.9 Å². The van der Waals surface area contributed by atoms with Gasteiger partial charge in [-0.3, -0.25) is 4.99 Å². The van der Waals surface area contributed by atoms with E-state index in [2.05, 4.69) is 34.2 Å². The highest BCUT2D eigenvalue weighted by molar-refractivity contribution is 7.99. The van der Waals surface area contributed by atoms with E-state index >= 15 is 0 Å². The van der Waals surface area contributed by atoms with Crippen LogP contribution in [0.4, 0.5) is 0 Å². The average molecular weight is 287 g/mol. The van der Waals surface area contributed by atoms with Crippen LogP contribution in [-0.4, -0.2) is 29.2 Å². The van der Waals surface area contributed by atoms with Crippen molar-refractivity contribution < 1.29 is 0 Å². The fourth-order valence-electron chi connectivity index (χ4n) is 4.14. The van der Waals surface area contributed by atoms with E-state index in [0.29, 0.717) is 6.04 Å². The third-order valence-corrected chi connectivity index (χ3v) is 6.14. The van der Waals surface area contributed by atoms with Crippen molar-refractivity contribution in [1.82, 2.24) is 4.90 Å². The van der Waals surface area contributed by atoms with Crippen LogP contribution >= 0.6 is 11.8 Å². The second-order valence-corrected chi connectivity index (χ2v) is 7.25. The Labute approximate surface area is 124 Å². The average Bonchev–Trinajstić information content (AvgIpc) is 3.09. The monoisotopic (exact) mass is 287 g/mol. The van der Waals surface area contributed by atoms with Crippen molar-refractivity contribution in [2.75, 3.05) is 12.3 Å². The molecule has 0 radical (unpaired) electrons.